The number of ether oxygens (including phenoxy) is 4. The number of hydrogen-bond donors (Lipinski definition) is 1. The Bertz CT molecular complexity index is 1480. The molecule has 198 valence electrons. The van der Waals surface area contributed by atoms with Gasteiger partial charge in [-0.2, -0.15) is 0 Å². The van der Waals surface area contributed by atoms with Crippen LogP contribution >= 0.6 is 11.3 Å². The third-order valence-corrected chi connectivity index (χ3v) is 7.35. The molecule has 1 saturated heterocycles. The lowest BCUT2D eigenvalue weighted by Gasteiger charge is -2.25. The van der Waals surface area contributed by atoms with Crippen LogP contribution in [0.5, 0.6) is 17.2 Å². The number of carbonyl (C=O) groups is 3. The van der Waals surface area contributed by atoms with Gasteiger partial charge in [-0.05, 0) is 49.7 Å². The van der Waals surface area contributed by atoms with Gasteiger partial charge in [0.05, 0.1) is 39.7 Å². The van der Waals surface area contributed by atoms with E-state index in [0.717, 1.165) is 16.9 Å². The van der Waals surface area contributed by atoms with Crippen LogP contribution in [-0.4, -0.2) is 56.2 Å². The summed E-state index contributed by atoms with van der Waals surface area (Å²) in [6, 6.07) is 8.72. The second-order valence-corrected chi connectivity index (χ2v) is 9.34. The molecule has 1 amide bonds. The lowest BCUT2D eigenvalue weighted by Crippen LogP contribution is -2.29. The van der Waals surface area contributed by atoms with Gasteiger partial charge in [0.25, 0.3) is 5.78 Å². The Hall–Kier alpha value is -4.38. The zero-order chi connectivity index (χ0) is 27.7. The van der Waals surface area contributed by atoms with Gasteiger partial charge in [-0.1, -0.05) is 11.3 Å². The highest BCUT2D eigenvalue weighted by Crippen LogP contribution is 2.47. The fourth-order valence-electron chi connectivity index (χ4n) is 4.32. The Balaban J connectivity index is 1.99. The first-order valence-corrected chi connectivity index (χ1v) is 12.2. The quantitative estimate of drug-likeness (QED) is 0.204. The Morgan fingerprint density at radius 1 is 0.974 bits per heavy atom. The van der Waals surface area contributed by atoms with E-state index in [4.69, 9.17) is 18.9 Å². The van der Waals surface area contributed by atoms with Gasteiger partial charge in [-0.15, -0.1) is 0 Å². The van der Waals surface area contributed by atoms with E-state index >= 15 is 0 Å². The number of thiazole rings is 1. The number of aryl methyl sites for hydroxylation is 2. The Kier molecular flexibility index (Phi) is 7.40. The molecule has 0 saturated carbocycles. The van der Waals surface area contributed by atoms with E-state index in [2.05, 4.69) is 4.98 Å². The monoisotopic (exact) mass is 538 g/mol. The van der Waals surface area contributed by atoms with Crippen LogP contribution in [0.4, 0.5) is 5.13 Å². The smallest absolute Gasteiger partial charge is 0.350 e. The van der Waals surface area contributed by atoms with Crippen molar-refractivity contribution in [2.75, 3.05) is 33.3 Å². The molecule has 10 nitrogen and oxygen atoms in total. The summed E-state index contributed by atoms with van der Waals surface area (Å²) in [5.74, 6) is -1.40. The molecule has 1 aromatic heterocycles. The molecular weight excluding hydrogens is 512 g/mol. The predicted molar refractivity (Wildman–Crippen MR) is 140 cm³/mol. The first-order valence-electron chi connectivity index (χ1n) is 11.4. The molecule has 1 aliphatic heterocycles. The van der Waals surface area contributed by atoms with Crippen molar-refractivity contribution < 1.29 is 38.4 Å². The molecule has 0 radical (unpaired) electrons. The summed E-state index contributed by atoms with van der Waals surface area (Å²) < 4.78 is 21.0. The van der Waals surface area contributed by atoms with Crippen molar-refractivity contribution in [2.24, 2.45) is 0 Å². The third-order valence-electron chi connectivity index (χ3n) is 6.21. The number of aliphatic hydroxyl groups excluding tert-OH is 1. The molecule has 1 N–H and O–H groups in total. The number of anilines is 1. The number of aliphatic hydroxyl groups is 1. The number of benzene rings is 2. The van der Waals surface area contributed by atoms with Crippen LogP contribution in [-0.2, 0) is 14.3 Å². The molecule has 1 atom stereocenters. The van der Waals surface area contributed by atoms with Gasteiger partial charge in [-0.3, -0.25) is 14.5 Å². The molecule has 1 fully saturated rings. The summed E-state index contributed by atoms with van der Waals surface area (Å²) in [4.78, 5) is 45.0. The highest BCUT2D eigenvalue weighted by molar-refractivity contribution is 7.17. The van der Waals surface area contributed by atoms with Crippen molar-refractivity contribution >= 4 is 39.9 Å². The fraction of sp³-hybridized carbons (Fsp3) is 0.259. The van der Waals surface area contributed by atoms with Gasteiger partial charge < -0.3 is 24.1 Å². The molecule has 0 unspecified atom stereocenters. The summed E-state index contributed by atoms with van der Waals surface area (Å²) in [7, 11) is 5.72. The van der Waals surface area contributed by atoms with E-state index < -0.39 is 23.7 Å². The second-order valence-electron chi connectivity index (χ2n) is 8.36. The van der Waals surface area contributed by atoms with E-state index in [1.54, 1.807) is 50.2 Å². The first kappa shape index (κ1) is 26.7. The number of amides is 1. The van der Waals surface area contributed by atoms with E-state index in [1.807, 2.05) is 0 Å². The number of rotatable bonds is 7. The maximum atomic E-state index is 13.5. The van der Waals surface area contributed by atoms with Gasteiger partial charge >= 0.3 is 11.9 Å². The molecule has 2 heterocycles. The van der Waals surface area contributed by atoms with E-state index in [-0.39, 0.29) is 21.3 Å². The number of Topliss-reactive ketones (excluding diaryl/α,β-unsaturated/α-hetero) is 1. The Labute approximate surface area is 223 Å². The topological polar surface area (TPSA) is 124 Å². The third kappa shape index (κ3) is 4.45. The highest BCUT2D eigenvalue weighted by Gasteiger charge is 2.49. The van der Waals surface area contributed by atoms with Crippen molar-refractivity contribution in [1.82, 2.24) is 4.98 Å². The molecule has 4 rings (SSSR count). The van der Waals surface area contributed by atoms with Crippen LogP contribution < -0.4 is 19.1 Å². The normalized spacial score (nSPS) is 16.5. The predicted octanol–water partition coefficient (Wildman–Crippen LogP) is 4.20. The Morgan fingerprint density at radius 2 is 1.68 bits per heavy atom. The number of aromatic nitrogens is 1. The molecule has 1 aliphatic rings. The van der Waals surface area contributed by atoms with Crippen LogP contribution in [0.25, 0.3) is 5.76 Å². The average Bonchev–Trinajstić information content (AvgIpc) is 3.43. The van der Waals surface area contributed by atoms with E-state index in [0.29, 0.717) is 34.1 Å². The van der Waals surface area contributed by atoms with Crippen molar-refractivity contribution in [3.63, 3.8) is 0 Å². The summed E-state index contributed by atoms with van der Waals surface area (Å²) in [5.41, 5.74) is 1.64. The molecule has 0 aliphatic carbocycles. The summed E-state index contributed by atoms with van der Waals surface area (Å²) in [6.45, 7) is 3.40. The number of methoxy groups -OCH3 is 4. The largest absolute Gasteiger partial charge is 0.507 e. The van der Waals surface area contributed by atoms with Gasteiger partial charge in [-0.25, -0.2) is 9.78 Å². The highest BCUT2D eigenvalue weighted by atomic mass is 32.1. The van der Waals surface area contributed by atoms with E-state index in [1.165, 1.54) is 33.3 Å². The Morgan fingerprint density at radius 3 is 2.29 bits per heavy atom. The van der Waals surface area contributed by atoms with Crippen LogP contribution in [0.3, 0.4) is 0 Å². The fourth-order valence-corrected chi connectivity index (χ4v) is 5.33. The minimum absolute atomic E-state index is 0.0952. The van der Waals surface area contributed by atoms with Crippen LogP contribution in [0.1, 0.15) is 38.1 Å². The minimum Gasteiger partial charge on any atom is -0.507 e. The standard InChI is InChI=1S/C27H26N2O8S/c1-13-11-15(7-10-18(13)35-4)22(30)20-21(17-9-8-16(34-3)12-19(17)36-5)29(25(32)23(20)31)27-28-14(2)24(38-27)26(33)37-6/h7-12,21,30H,1-6H3/t21-/m1/s1. The molecular formula is C27H26N2O8S. The number of hydrogen-bond acceptors (Lipinski definition) is 10. The minimum atomic E-state index is -1.12. The molecule has 0 spiro atoms. The molecule has 11 heteroatoms. The summed E-state index contributed by atoms with van der Waals surface area (Å²) in [5, 5.41) is 11.5. The van der Waals surface area contributed by atoms with Crippen LogP contribution in [0.2, 0.25) is 0 Å². The van der Waals surface area contributed by atoms with Crippen LogP contribution in [0.15, 0.2) is 42.0 Å². The van der Waals surface area contributed by atoms with Gasteiger partial charge in [0.15, 0.2) is 5.13 Å². The van der Waals surface area contributed by atoms with Gasteiger partial charge in [0.1, 0.15) is 33.9 Å². The summed E-state index contributed by atoms with van der Waals surface area (Å²) >= 11 is 0.913. The lowest BCUT2D eigenvalue weighted by molar-refractivity contribution is -0.132. The van der Waals surface area contributed by atoms with Gasteiger partial charge in [0.2, 0.25) is 0 Å². The van der Waals surface area contributed by atoms with Crippen molar-refractivity contribution in [3.8, 4) is 17.2 Å². The molecule has 38 heavy (non-hydrogen) atoms. The van der Waals surface area contributed by atoms with Crippen molar-refractivity contribution in [1.29, 1.82) is 0 Å². The zero-order valence-corrected chi connectivity index (χ0v) is 22.5. The zero-order valence-electron chi connectivity index (χ0n) is 21.6. The lowest BCUT2D eigenvalue weighted by atomic mass is 9.94. The van der Waals surface area contributed by atoms with Crippen molar-refractivity contribution in [3.05, 3.63) is 69.2 Å². The van der Waals surface area contributed by atoms with E-state index in [9.17, 15) is 19.5 Å². The molecule has 2 aromatic carbocycles. The number of ketones is 1. The average molecular weight is 539 g/mol. The maximum Gasteiger partial charge on any atom is 0.350 e. The SMILES string of the molecule is COC(=O)c1sc(N2C(=O)C(=O)C(=C(O)c3ccc(OC)c(C)c3)[C@H]2c2ccc(OC)cc2OC)nc1C. The first-order chi connectivity index (χ1) is 18.2. The molecule has 0 bridgehead atoms. The molecule has 3 aromatic rings. The second kappa shape index (κ2) is 10.5. The summed E-state index contributed by atoms with van der Waals surface area (Å²) in [6.07, 6.45) is 0. The van der Waals surface area contributed by atoms with Gasteiger partial charge in [0, 0.05) is 17.2 Å². The number of carbonyl (C=O) groups excluding carboxylic acids is 3. The number of esters is 1. The van der Waals surface area contributed by atoms with Crippen molar-refractivity contribution in [2.45, 2.75) is 19.9 Å². The maximum absolute atomic E-state index is 13.5. The van der Waals surface area contributed by atoms with Crippen LogP contribution in [0, 0.1) is 13.8 Å². The number of nitrogens with zero attached hydrogens (tertiary/aromatic N) is 2.